The van der Waals surface area contributed by atoms with Gasteiger partial charge in [0.15, 0.2) is 17.3 Å². The zero-order valence-electron chi connectivity index (χ0n) is 18.6. The van der Waals surface area contributed by atoms with Crippen LogP contribution in [0.1, 0.15) is 6.92 Å². The highest BCUT2D eigenvalue weighted by Gasteiger charge is 2.46. The van der Waals surface area contributed by atoms with Crippen molar-refractivity contribution < 1.29 is 59.2 Å². The van der Waals surface area contributed by atoms with Crippen LogP contribution in [0.4, 0.5) is 0 Å². The Morgan fingerprint density at radius 3 is 2.33 bits per heavy atom. The molecule has 1 aliphatic heterocycles. The molecule has 5 atom stereocenters. The van der Waals surface area contributed by atoms with E-state index in [2.05, 4.69) is 0 Å². The molecule has 1 fully saturated rings. The third-order valence-corrected chi connectivity index (χ3v) is 5.51. The lowest BCUT2D eigenvalue weighted by atomic mass is 9.99. The fourth-order valence-electron chi connectivity index (χ4n) is 3.70. The van der Waals surface area contributed by atoms with Gasteiger partial charge >= 0.3 is 5.97 Å². The zero-order chi connectivity index (χ0) is 26.3. The summed E-state index contributed by atoms with van der Waals surface area (Å²) in [5, 5.41) is 70.1. The number of hydrogen-bond donors (Lipinski definition) is 7. The summed E-state index contributed by atoms with van der Waals surface area (Å²) in [4.78, 5) is 24.5. The standard InChI is InChI=1S/C23H22O13/c1-8(24)33-7-15-17(29)19(31)20(32)23(35-15)36-22-18(30)16-13(28)5-10(25)6-14(16)34-21(22)9-2-3-11(26)12(27)4-9/h2-6,15,17,19-20,23,25-29,31-32H,7H2,1H3/t15-,17+,19-,20+,23-/m0/s1. The minimum atomic E-state index is -1.89. The van der Waals surface area contributed by atoms with Gasteiger partial charge in [-0.1, -0.05) is 0 Å². The number of aliphatic hydroxyl groups is 3. The molecule has 7 N–H and O–H groups in total. The summed E-state index contributed by atoms with van der Waals surface area (Å²) in [5.41, 5.74) is -1.24. The quantitative estimate of drug-likeness (QED) is 0.180. The van der Waals surface area contributed by atoms with Gasteiger partial charge in [0.05, 0.1) is 0 Å². The zero-order valence-corrected chi connectivity index (χ0v) is 18.6. The maximum absolute atomic E-state index is 13.4. The van der Waals surface area contributed by atoms with Crippen molar-refractivity contribution in [2.75, 3.05) is 6.61 Å². The Bertz CT molecular complexity index is 1360. The molecule has 1 saturated heterocycles. The van der Waals surface area contributed by atoms with E-state index < -0.39 is 82.8 Å². The normalized spacial score (nSPS) is 23.9. The van der Waals surface area contributed by atoms with Gasteiger partial charge in [-0.3, -0.25) is 9.59 Å². The minimum absolute atomic E-state index is 0.00415. The summed E-state index contributed by atoms with van der Waals surface area (Å²) in [7, 11) is 0. The van der Waals surface area contributed by atoms with E-state index in [0.29, 0.717) is 0 Å². The number of benzene rings is 2. The Kier molecular flexibility index (Phi) is 6.65. The summed E-state index contributed by atoms with van der Waals surface area (Å²) < 4.78 is 21.5. The Balaban J connectivity index is 1.84. The molecule has 36 heavy (non-hydrogen) atoms. The number of hydrogen-bond acceptors (Lipinski definition) is 13. The van der Waals surface area contributed by atoms with Crippen LogP contribution in [-0.4, -0.2) is 79.0 Å². The first kappa shape index (κ1) is 25.1. The number of aliphatic hydroxyl groups excluding tert-OH is 3. The Morgan fingerprint density at radius 2 is 1.67 bits per heavy atom. The Hall–Kier alpha value is -4.04. The summed E-state index contributed by atoms with van der Waals surface area (Å²) >= 11 is 0. The van der Waals surface area contributed by atoms with Crippen LogP contribution in [0.5, 0.6) is 28.7 Å². The van der Waals surface area contributed by atoms with Gasteiger partial charge in [-0.15, -0.1) is 0 Å². The van der Waals surface area contributed by atoms with Gasteiger partial charge in [0, 0.05) is 24.6 Å². The van der Waals surface area contributed by atoms with Crippen molar-refractivity contribution in [3.63, 3.8) is 0 Å². The fraction of sp³-hybridized carbons (Fsp3) is 0.304. The molecule has 0 radical (unpaired) electrons. The second-order valence-corrected chi connectivity index (χ2v) is 8.07. The number of carbonyl (C=O) groups is 1. The number of phenolic OH excluding ortho intramolecular Hbond substituents is 4. The van der Waals surface area contributed by atoms with Gasteiger partial charge < -0.3 is 54.4 Å². The molecule has 13 nitrogen and oxygen atoms in total. The van der Waals surface area contributed by atoms with E-state index in [4.69, 9.17) is 18.6 Å². The first-order chi connectivity index (χ1) is 17.0. The number of aromatic hydroxyl groups is 4. The number of esters is 1. The van der Waals surface area contributed by atoms with Gasteiger partial charge in [0.2, 0.25) is 17.5 Å². The van der Waals surface area contributed by atoms with Crippen LogP contribution in [0.3, 0.4) is 0 Å². The van der Waals surface area contributed by atoms with Gasteiger partial charge in [0.1, 0.15) is 53.5 Å². The highest BCUT2D eigenvalue weighted by Crippen LogP contribution is 2.39. The number of phenols is 4. The molecule has 0 aliphatic carbocycles. The second kappa shape index (κ2) is 9.54. The lowest BCUT2D eigenvalue weighted by Crippen LogP contribution is -2.60. The fourth-order valence-corrected chi connectivity index (χ4v) is 3.70. The molecule has 192 valence electrons. The van der Waals surface area contributed by atoms with Crippen molar-refractivity contribution in [1.82, 2.24) is 0 Å². The molecule has 1 aliphatic rings. The minimum Gasteiger partial charge on any atom is -0.508 e. The average molecular weight is 506 g/mol. The smallest absolute Gasteiger partial charge is 0.302 e. The van der Waals surface area contributed by atoms with E-state index in [1.807, 2.05) is 0 Å². The van der Waals surface area contributed by atoms with E-state index in [1.165, 1.54) is 6.07 Å². The molecule has 2 aromatic carbocycles. The predicted octanol–water partition coefficient (Wildman–Crippen LogP) is 0.0319. The Morgan fingerprint density at radius 1 is 0.944 bits per heavy atom. The molecule has 2 heterocycles. The van der Waals surface area contributed by atoms with Crippen LogP contribution in [-0.2, 0) is 14.3 Å². The SMILES string of the molecule is CC(=O)OC[C@@H]1O[C@@H](Oc2c(-c3ccc(O)c(O)c3)oc3cc(O)cc(O)c3c2=O)[C@H](O)[C@@H](O)[C@@H]1O. The first-order valence-electron chi connectivity index (χ1n) is 10.5. The summed E-state index contributed by atoms with van der Waals surface area (Å²) in [5.74, 6) is -3.84. The molecule has 0 amide bonds. The van der Waals surface area contributed by atoms with Crippen molar-refractivity contribution in [2.45, 2.75) is 37.6 Å². The first-order valence-corrected chi connectivity index (χ1v) is 10.5. The number of fused-ring (bicyclic) bond motifs is 1. The van der Waals surface area contributed by atoms with Crippen molar-refractivity contribution in [3.8, 4) is 40.1 Å². The molecule has 13 heteroatoms. The van der Waals surface area contributed by atoms with Crippen LogP contribution in [0.2, 0.25) is 0 Å². The van der Waals surface area contributed by atoms with Gasteiger partial charge in [0.25, 0.3) is 0 Å². The van der Waals surface area contributed by atoms with Crippen LogP contribution in [0.15, 0.2) is 39.5 Å². The van der Waals surface area contributed by atoms with Gasteiger partial charge in [-0.2, -0.15) is 0 Å². The Labute approximate surface area is 201 Å². The lowest BCUT2D eigenvalue weighted by molar-refractivity contribution is -0.278. The van der Waals surface area contributed by atoms with Crippen LogP contribution >= 0.6 is 0 Å². The maximum Gasteiger partial charge on any atom is 0.302 e. The van der Waals surface area contributed by atoms with E-state index in [9.17, 15) is 45.3 Å². The monoisotopic (exact) mass is 506 g/mol. The van der Waals surface area contributed by atoms with Crippen LogP contribution in [0.25, 0.3) is 22.3 Å². The van der Waals surface area contributed by atoms with E-state index >= 15 is 0 Å². The largest absolute Gasteiger partial charge is 0.508 e. The van der Waals surface area contributed by atoms with Crippen molar-refractivity contribution in [1.29, 1.82) is 0 Å². The highest BCUT2D eigenvalue weighted by molar-refractivity contribution is 5.88. The third kappa shape index (κ3) is 4.59. The molecule has 1 aromatic heterocycles. The summed E-state index contributed by atoms with van der Waals surface area (Å²) in [6.45, 7) is 0.601. The molecule has 3 aromatic rings. The van der Waals surface area contributed by atoms with Crippen molar-refractivity contribution >= 4 is 16.9 Å². The maximum atomic E-state index is 13.4. The van der Waals surface area contributed by atoms with E-state index in [1.54, 1.807) is 0 Å². The highest BCUT2D eigenvalue weighted by atomic mass is 16.7. The van der Waals surface area contributed by atoms with Crippen molar-refractivity contribution in [3.05, 3.63) is 40.6 Å². The number of rotatable bonds is 5. The molecule has 0 spiro atoms. The molecule has 0 bridgehead atoms. The summed E-state index contributed by atoms with van der Waals surface area (Å²) in [6, 6.07) is 5.32. The third-order valence-electron chi connectivity index (χ3n) is 5.51. The second-order valence-electron chi connectivity index (χ2n) is 8.07. The number of ether oxygens (including phenoxy) is 3. The average Bonchev–Trinajstić information content (AvgIpc) is 2.81. The molecular weight excluding hydrogens is 484 g/mol. The van der Waals surface area contributed by atoms with Gasteiger partial charge in [-0.05, 0) is 18.2 Å². The number of carbonyl (C=O) groups excluding carboxylic acids is 1. The van der Waals surface area contributed by atoms with Crippen LogP contribution in [0, 0.1) is 0 Å². The lowest BCUT2D eigenvalue weighted by Gasteiger charge is -2.39. The molecule has 0 saturated carbocycles. The van der Waals surface area contributed by atoms with Crippen molar-refractivity contribution in [2.24, 2.45) is 0 Å². The molecular formula is C23H22O13. The van der Waals surface area contributed by atoms with Gasteiger partial charge in [-0.25, -0.2) is 0 Å². The topological polar surface area (TPSA) is 217 Å². The summed E-state index contributed by atoms with van der Waals surface area (Å²) in [6.07, 6.45) is -8.54. The van der Waals surface area contributed by atoms with E-state index in [0.717, 1.165) is 31.2 Å². The van der Waals surface area contributed by atoms with Crippen LogP contribution < -0.4 is 10.2 Å². The predicted molar refractivity (Wildman–Crippen MR) is 119 cm³/mol. The molecule has 0 unspecified atom stereocenters. The molecule has 4 rings (SSSR count). The van der Waals surface area contributed by atoms with E-state index in [-0.39, 0.29) is 16.9 Å².